The zero-order chi connectivity index (χ0) is 30.7. The molecule has 2 aliphatic heterocycles. The van der Waals surface area contributed by atoms with Gasteiger partial charge >= 0.3 is 5.69 Å². The summed E-state index contributed by atoms with van der Waals surface area (Å²) in [5, 5.41) is 12.9. The summed E-state index contributed by atoms with van der Waals surface area (Å²) >= 11 is 7.16. The minimum atomic E-state index is -0.461. The number of para-hydroxylation sites is 1. The van der Waals surface area contributed by atoms with Crippen molar-refractivity contribution in [1.29, 1.82) is 0 Å². The third-order valence-corrected chi connectivity index (χ3v) is 9.86. The number of aromatic amines is 1. The number of carbonyl (C=O) groups is 1. The number of H-pyrrole nitrogens is 1. The fraction of sp³-hybridized carbons (Fsp3) is 0.314. The first-order valence-electron chi connectivity index (χ1n) is 15.1. The average Bonchev–Trinajstić information content (AvgIpc) is 3.48. The lowest BCUT2D eigenvalue weighted by Gasteiger charge is -2.51. The van der Waals surface area contributed by atoms with E-state index in [1.54, 1.807) is 4.57 Å². The van der Waals surface area contributed by atoms with Gasteiger partial charge < -0.3 is 10.2 Å². The summed E-state index contributed by atoms with van der Waals surface area (Å²) in [4.78, 5) is 34.3. The molecule has 2 fully saturated rings. The molecule has 2 aliphatic rings. The third kappa shape index (κ3) is 4.47. The molecule has 1 spiro atoms. The highest BCUT2D eigenvalue weighted by molar-refractivity contribution is 6.35. The maximum Gasteiger partial charge on any atom is 0.354 e. The number of benzene rings is 3. The average molecular weight is 607 g/mol. The summed E-state index contributed by atoms with van der Waals surface area (Å²) in [6.45, 7) is 12.5. The Hall–Kier alpha value is -4.27. The van der Waals surface area contributed by atoms with E-state index in [0.717, 1.165) is 63.7 Å². The number of carbonyl (C=O) groups excluding carboxylic acids is 1. The van der Waals surface area contributed by atoms with Crippen LogP contribution >= 0.6 is 11.6 Å². The van der Waals surface area contributed by atoms with E-state index in [1.165, 1.54) is 6.08 Å². The minimum Gasteiger partial charge on any atom is -0.345 e. The van der Waals surface area contributed by atoms with Gasteiger partial charge in [-0.1, -0.05) is 56.3 Å². The normalized spacial score (nSPS) is 17.8. The predicted molar refractivity (Wildman–Crippen MR) is 177 cm³/mol. The number of hydrogen-bond acceptors (Lipinski definition) is 6. The van der Waals surface area contributed by atoms with Crippen molar-refractivity contribution in [1.82, 2.24) is 25.1 Å². The van der Waals surface area contributed by atoms with Crippen molar-refractivity contribution in [3.63, 3.8) is 0 Å². The van der Waals surface area contributed by atoms with E-state index < -0.39 is 11.7 Å². The number of anilines is 1. The molecule has 5 aromatic rings. The van der Waals surface area contributed by atoms with Gasteiger partial charge in [0.05, 0.1) is 29.0 Å². The number of aryl methyl sites for hydroxylation is 1. The van der Waals surface area contributed by atoms with Crippen LogP contribution in [0.15, 0.2) is 72.2 Å². The SMILES string of the molecule is C=CC(=O)C1CC2(CCN1c1nc(=O)n(-c3ccccc3C(C)C)c3cc(-c4c(C)ccc5[nH]ncc45)c(Cl)cc13)CNC2. The molecule has 0 saturated carbocycles. The van der Waals surface area contributed by atoms with Crippen molar-refractivity contribution < 1.29 is 4.79 Å². The lowest BCUT2D eigenvalue weighted by Crippen LogP contribution is -2.62. The number of halogens is 1. The Morgan fingerprint density at radius 1 is 1.16 bits per heavy atom. The zero-order valence-electron chi connectivity index (χ0n) is 25.2. The monoisotopic (exact) mass is 606 g/mol. The van der Waals surface area contributed by atoms with Crippen LogP contribution in [0, 0.1) is 12.3 Å². The number of aromatic nitrogens is 4. The quantitative estimate of drug-likeness (QED) is 0.219. The molecule has 7 rings (SSSR count). The molecule has 0 bridgehead atoms. The molecular formula is C35H35ClN6O2. The van der Waals surface area contributed by atoms with Crippen LogP contribution in [-0.4, -0.2) is 51.2 Å². The summed E-state index contributed by atoms with van der Waals surface area (Å²) in [6.07, 6.45) is 4.78. The van der Waals surface area contributed by atoms with E-state index >= 15 is 0 Å². The van der Waals surface area contributed by atoms with E-state index in [4.69, 9.17) is 16.6 Å². The van der Waals surface area contributed by atoms with Gasteiger partial charge in [-0.15, -0.1) is 0 Å². The van der Waals surface area contributed by atoms with E-state index in [1.807, 2.05) is 60.5 Å². The molecule has 0 amide bonds. The van der Waals surface area contributed by atoms with Gasteiger partial charge in [-0.05, 0) is 78.1 Å². The molecule has 9 heteroatoms. The molecule has 3 aromatic carbocycles. The Labute approximate surface area is 260 Å². The fourth-order valence-electron chi connectivity index (χ4n) is 7.12. The van der Waals surface area contributed by atoms with Gasteiger partial charge in [0.25, 0.3) is 0 Å². The first-order chi connectivity index (χ1) is 21.2. The number of hydrogen-bond donors (Lipinski definition) is 2. The van der Waals surface area contributed by atoms with Crippen LogP contribution in [0.4, 0.5) is 5.82 Å². The van der Waals surface area contributed by atoms with Gasteiger partial charge in [-0.25, -0.2) is 4.79 Å². The van der Waals surface area contributed by atoms with Crippen LogP contribution in [-0.2, 0) is 4.79 Å². The van der Waals surface area contributed by atoms with Crippen molar-refractivity contribution in [2.24, 2.45) is 5.41 Å². The lowest BCUT2D eigenvalue weighted by atomic mass is 9.70. The highest BCUT2D eigenvalue weighted by Gasteiger charge is 2.46. The molecule has 1 atom stereocenters. The molecule has 2 aromatic heterocycles. The second-order valence-electron chi connectivity index (χ2n) is 12.6. The van der Waals surface area contributed by atoms with Crippen molar-refractivity contribution >= 4 is 45.0 Å². The number of piperidine rings is 1. The molecule has 0 radical (unpaired) electrons. The molecule has 2 saturated heterocycles. The smallest absolute Gasteiger partial charge is 0.345 e. The summed E-state index contributed by atoms with van der Waals surface area (Å²) in [6, 6.07) is 15.4. The van der Waals surface area contributed by atoms with Gasteiger partial charge in [0.15, 0.2) is 5.78 Å². The molecule has 224 valence electrons. The Kier molecular flexibility index (Phi) is 6.94. The Morgan fingerprint density at radius 2 is 1.95 bits per heavy atom. The van der Waals surface area contributed by atoms with E-state index in [9.17, 15) is 9.59 Å². The van der Waals surface area contributed by atoms with Crippen LogP contribution in [0.2, 0.25) is 5.02 Å². The topological polar surface area (TPSA) is 95.9 Å². The molecule has 0 aliphatic carbocycles. The second-order valence-corrected chi connectivity index (χ2v) is 13.0. The highest BCUT2D eigenvalue weighted by Crippen LogP contribution is 2.44. The molecule has 8 nitrogen and oxygen atoms in total. The predicted octanol–water partition coefficient (Wildman–Crippen LogP) is 6.33. The maximum absolute atomic E-state index is 14.2. The first-order valence-corrected chi connectivity index (χ1v) is 15.5. The minimum absolute atomic E-state index is 0.0646. The third-order valence-electron chi connectivity index (χ3n) is 9.55. The standard InChI is InChI=1S/C35H35ClN6O2/c1-5-31(43)30-16-35(18-37-19-35)12-13-41(30)33-24-14-26(36)23(32-21(4)10-11-27-25(32)17-38-40-27)15-29(24)42(34(44)39-33)28-9-7-6-8-22(28)20(2)3/h5-11,14-15,17,20,30,37H,1,12-13,16,18-19H2,2-4H3,(H,38,40). The Morgan fingerprint density at radius 3 is 2.68 bits per heavy atom. The Balaban J connectivity index is 1.53. The van der Waals surface area contributed by atoms with Crippen LogP contribution in [0.1, 0.15) is 43.7 Å². The fourth-order valence-corrected chi connectivity index (χ4v) is 7.37. The number of rotatable bonds is 6. The summed E-state index contributed by atoms with van der Waals surface area (Å²) in [5.74, 6) is 0.591. The molecule has 2 N–H and O–H groups in total. The van der Waals surface area contributed by atoms with Crippen molar-refractivity contribution in [2.45, 2.75) is 45.6 Å². The number of nitrogens with zero attached hydrogens (tertiary/aromatic N) is 4. The van der Waals surface area contributed by atoms with Crippen LogP contribution < -0.4 is 15.9 Å². The van der Waals surface area contributed by atoms with Gasteiger partial charge in [0, 0.05) is 41.0 Å². The second kappa shape index (κ2) is 10.7. The number of fused-ring (bicyclic) bond motifs is 2. The Bertz CT molecular complexity index is 2020. The molecule has 44 heavy (non-hydrogen) atoms. The van der Waals surface area contributed by atoms with Gasteiger partial charge in [-0.3, -0.25) is 14.5 Å². The summed E-state index contributed by atoms with van der Waals surface area (Å²) in [7, 11) is 0. The van der Waals surface area contributed by atoms with Crippen LogP contribution in [0.3, 0.4) is 0 Å². The van der Waals surface area contributed by atoms with Gasteiger partial charge in [-0.2, -0.15) is 10.1 Å². The largest absolute Gasteiger partial charge is 0.354 e. The van der Waals surface area contributed by atoms with Gasteiger partial charge in [0.2, 0.25) is 0 Å². The van der Waals surface area contributed by atoms with Crippen molar-refractivity contribution in [2.75, 3.05) is 24.5 Å². The number of nitrogens with one attached hydrogen (secondary N) is 2. The highest BCUT2D eigenvalue weighted by atomic mass is 35.5. The van der Waals surface area contributed by atoms with E-state index in [-0.39, 0.29) is 17.1 Å². The maximum atomic E-state index is 14.2. The first kappa shape index (κ1) is 28.5. The van der Waals surface area contributed by atoms with Crippen LogP contribution in [0.25, 0.3) is 38.6 Å². The van der Waals surface area contributed by atoms with Gasteiger partial charge in [0.1, 0.15) is 5.82 Å². The zero-order valence-corrected chi connectivity index (χ0v) is 25.9. The summed E-state index contributed by atoms with van der Waals surface area (Å²) in [5.41, 5.74) is 5.86. The number of ketones is 1. The molecule has 4 heterocycles. The lowest BCUT2D eigenvalue weighted by molar-refractivity contribution is -0.117. The van der Waals surface area contributed by atoms with E-state index in [2.05, 4.69) is 42.0 Å². The summed E-state index contributed by atoms with van der Waals surface area (Å²) < 4.78 is 1.70. The molecular weight excluding hydrogens is 572 g/mol. The van der Waals surface area contributed by atoms with Crippen molar-refractivity contribution in [3.05, 3.63) is 94.0 Å². The van der Waals surface area contributed by atoms with Crippen molar-refractivity contribution in [3.8, 4) is 16.8 Å². The van der Waals surface area contributed by atoms with Crippen LogP contribution in [0.5, 0.6) is 0 Å². The molecule has 1 unspecified atom stereocenters. The van der Waals surface area contributed by atoms with E-state index in [0.29, 0.717) is 29.3 Å².